The van der Waals surface area contributed by atoms with Crippen molar-refractivity contribution in [3.8, 4) is 5.75 Å². The standard InChI is InChI=1S/C18H29NO/c1-7-14-16(19)13-10-12(8-9-15(13)20-14)18(5,6)11-17(2,3)4/h8-10,14,16H,7,11,19H2,1-6H3. The van der Waals surface area contributed by atoms with Gasteiger partial charge in [0.2, 0.25) is 0 Å². The molecule has 1 aliphatic heterocycles. The highest BCUT2D eigenvalue weighted by molar-refractivity contribution is 5.45. The monoisotopic (exact) mass is 275 g/mol. The molecule has 1 aromatic rings. The topological polar surface area (TPSA) is 35.2 Å². The third-order valence-corrected chi connectivity index (χ3v) is 4.20. The van der Waals surface area contributed by atoms with Crippen LogP contribution in [0.5, 0.6) is 5.75 Å². The number of hydrogen-bond acceptors (Lipinski definition) is 2. The zero-order chi connectivity index (χ0) is 15.1. The highest BCUT2D eigenvalue weighted by Gasteiger charge is 2.33. The third-order valence-electron chi connectivity index (χ3n) is 4.20. The molecule has 0 saturated heterocycles. The van der Waals surface area contributed by atoms with Gasteiger partial charge in [0, 0.05) is 5.56 Å². The maximum absolute atomic E-state index is 6.32. The smallest absolute Gasteiger partial charge is 0.124 e. The Labute approximate surface area is 123 Å². The van der Waals surface area contributed by atoms with Crippen molar-refractivity contribution in [1.29, 1.82) is 0 Å². The van der Waals surface area contributed by atoms with Gasteiger partial charge in [-0.3, -0.25) is 0 Å². The molecule has 0 bridgehead atoms. The van der Waals surface area contributed by atoms with Crippen molar-refractivity contribution < 1.29 is 4.74 Å². The summed E-state index contributed by atoms with van der Waals surface area (Å²) in [6.45, 7) is 13.6. The Balaban J connectivity index is 2.31. The van der Waals surface area contributed by atoms with Gasteiger partial charge in [-0.25, -0.2) is 0 Å². The first-order valence-electron chi connectivity index (χ1n) is 7.71. The summed E-state index contributed by atoms with van der Waals surface area (Å²) in [7, 11) is 0. The molecule has 0 saturated carbocycles. The normalized spacial score (nSPS) is 22.6. The van der Waals surface area contributed by atoms with Crippen molar-refractivity contribution in [2.45, 2.75) is 71.9 Å². The van der Waals surface area contributed by atoms with Crippen LogP contribution in [-0.2, 0) is 5.41 Å². The van der Waals surface area contributed by atoms with Crippen LogP contribution >= 0.6 is 0 Å². The second-order valence-corrected chi connectivity index (χ2v) is 7.96. The number of hydrogen-bond donors (Lipinski definition) is 1. The maximum Gasteiger partial charge on any atom is 0.124 e. The molecule has 20 heavy (non-hydrogen) atoms. The summed E-state index contributed by atoms with van der Waals surface area (Å²) in [6, 6.07) is 6.59. The van der Waals surface area contributed by atoms with E-state index in [4.69, 9.17) is 10.5 Å². The average molecular weight is 275 g/mol. The van der Waals surface area contributed by atoms with E-state index in [1.807, 2.05) is 0 Å². The van der Waals surface area contributed by atoms with E-state index < -0.39 is 0 Å². The molecular formula is C18H29NO. The number of nitrogens with two attached hydrogens (primary N) is 1. The Morgan fingerprint density at radius 1 is 1.15 bits per heavy atom. The molecule has 0 aromatic heterocycles. The summed E-state index contributed by atoms with van der Waals surface area (Å²) < 4.78 is 5.91. The van der Waals surface area contributed by atoms with Crippen LogP contribution in [0.2, 0.25) is 0 Å². The van der Waals surface area contributed by atoms with Crippen LogP contribution in [0.25, 0.3) is 0 Å². The van der Waals surface area contributed by atoms with Crippen molar-refractivity contribution in [3.63, 3.8) is 0 Å². The Morgan fingerprint density at radius 2 is 1.80 bits per heavy atom. The molecule has 1 heterocycles. The largest absolute Gasteiger partial charge is 0.488 e. The van der Waals surface area contributed by atoms with Gasteiger partial charge in [-0.1, -0.05) is 47.6 Å². The van der Waals surface area contributed by atoms with Crippen LogP contribution in [0.3, 0.4) is 0 Å². The minimum absolute atomic E-state index is 0.0142. The highest BCUT2D eigenvalue weighted by Crippen LogP contribution is 2.42. The van der Waals surface area contributed by atoms with Gasteiger partial charge in [0.05, 0.1) is 6.04 Å². The zero-order valence-electron chi connectivity index (χ0n) is 13.8. The van der Waals surface area contributed by atoms with Crippen LogP contribution < -0.4 is 10.5 Å². The first-order valence-corrected chi connectivity index (χ1v) is 7.71. The minimum Gasteiger partial charge on any atom is -0.488 e. The minimum atomic E-state index is 0.0142. The molecule has 2 atom stereocenters. The van der Waals surface area contributed by atoms with Gasteiger partial charge in [-0.05, 0) is 41.4 Å². The van der Waals surface area contributed by atoms with Gasteiger partial charge in [0.15, 0.2) is 0 Å². The second-order valence-electron chi connectivity index (χ2n) is 7.96. The molecule has 2 heteroatoms. The molecule has 0 spiro atoms. The van der Waals surface area contributed by atoms with E-state index in [9.17, 15) is 0 Å². The molecule has 112 valence electrons. The van der Waals surface area contributed by atoms with Crippen molar-refractivity contribution in [3.05, 3.63) is 29.3 Å². The number of ether oxygens (including phenoxy) is 1. The van der Waals surface area contributed by atoms with E-state index in [0.29, 0.717) is 5.41 Å². The van der Waals surface area contributed by atoms with Crippen molar-refractivity contribution in [2.24, 2.45) is 11.1 Å². The fraction of sp³-hybridized carbons (Fsp3) is 0.667. The first kappa shape index (κ1) is 15.4. The van der Waals surface area contributed by atoms with Crippen molar-refractivity contribution in [1.82, 2.24) is 0 Å². The summed E-state index contributed by atoms with van der Waals surface area (Å²) in [4.78, 5) is 0. The Kier molecular flexibility index (Phi) is 3.90. The van der Waals surface area contributed by atoms with E-state index in [1.54, 1.807) is 0 Å². The fourth-order valence-corrected chi connectivity index (χ4v) is 3.54. The van der Waals surface area contributed by atoms with Crippen LogP contribution in [0.4, 0.5) is 0 Å². The molecule has 2 N–H and O–H groups in total. The molecular weight excluding hydrogens is 246 g/mol. The zero-order valence-corrected chi connectivity index (χ0v) is 13.8. The molecule has 1 aliphatic rings. The Bertz CT molecular complexity index is 485. The van der Waals surface area contributed by atoms with Crippen LogP contribution in [0.15, 0.2) is 18.2 Å². The lowest BCUT2D eigenvalue weighted by Gasteiger charge is -2.33. The summed E-state index contributed by atoms with van der Waals surface area (Å²) in [6.07, 6.45) is 2.23. The molecule has 2 nitrogen and oxygen atoms in total. The number of fused-ring (bicyclic) bond motifs is 1. The van der Waals surface area contributed by atoms with E-state index in [1.165, 1.54) is 11.1 Å². The molecule has 2 rings (SSSR count). The second kappa shape index (κ2) is 5.07. The van der Waals surface area contributed by atoms with Crippen LogP contribution in [-0.4, -0.2) is 6.10 Å². The van der Waals surface area contributed by atoms with E-state index in [2.05, 4.69) is 59.7 Å². The average Bonchev–Trinajstić information content (AvgIpc) is 2.63. The van der Waals surface area contributed by atoms with Gasteiger partial charge in [-0.2, -0.15) is 0 Å². The highest BCUT2D eigenvalue weighted by atomic mass is 16.5. The van der Waals surface area contributed by atoms with Gasteiger partial charge < -0.3 is 10.5 Å². The Hall–Kier alpha value is -1.02. The summed E-state index contributed by atoms with van der Waals surface area (Å²) in [5.41, 5.74) is 9.32. The Morgan fingerprint density at radius 3 is 2.35 bits per heavy atom. The fourth-order valence-electron chi connectivity index (χ4n) is 3.54. The van der Waals surface area contributed by atoms with Gasteiger partial charge >= 0.3 is 0 Å². The van der Waals surface area contributed by atoms with Crippen LogP contribution in [0.1, 0.15) is 71.6 Å². The number of rotatable bonds is 3. The van der Waals surface area contributed by atoms with Crippen LogP contribution in [0, 0.1) is 5.41 Å². The predicted octanol–water partition coefficient (Wildman–Crippen LogP) is 4.57. The lowest BCUT2D eigenvalue weighted by molar-refractivity contribution is 0.202. The summed E-state index contributed by atoms with van der Waals surface area (Å²) >= 11 is 0. The van der Waals surface area contributed by atoms with Crippen molar-refractivity contribution >= 4 is 0 Å². The van der Waals surface area contributed by atoms with E-state index in [0.717, 1.165) is 18.6 Å². The molecule has 0 radical (unpaired) electrons. The molecule has 0 amide bonds. The van der Waals surface area contributed by atoms with E-state index >= 15 is 0 Å². The van der Waals surface area contributed by atoms with E-state index in [-0.39, 0.29) is 17.6 Å². The summed E-state index contributed by atoms with van der Waals surface area (Å²) in [5.74, 6) is 0.972. The molecule has 0 aliphatic carbocycles. The SMILES string of the molecule is CCC1Oc2ccc(C(C)(C)CC(C)(C)C)cc2C1N. The first-order chi connectivity index (χ1) is 9.14. The lowest BCUT2D eigenvalue weighted by Crippen LogP contribution is -2.26. The quantitative estimate of drug-likeness (QED) is 0.877. The van der Waals surface area contributed by atoms with Gasteiger partial charge in [0.1, 0.15) is 11.9 Å². The molecule has 0 fully saturated rings. The predicted molar refractivity (Wildman–Crippen MR) is 85.2 cm³/mol. The molecule has 1 aromatic carbocycles. The lowest BCUT2D eigenvalue weighted by atomic mass is 9.72. The number of benzene rings is 1. The maximum atomic E-state index is 6.32. The van der Waals surface area contributed by atoms with Gasteiger partial charge in [-0.15, -0.1) is 0 Å². The third kappa shape index (κ3) is 3.01. The molecule has 2 unspecified atom stereocenters. The van der Waals surface area contributed by atoms with Crippen molar-refractivity contribution in [2.75, 3.05) is 0 Å². The van der Waals surface area contributed by atoms with Gasteiger partial charge in [0.25, 0.3) is 0 Å². The summed E-state index contributed by atoms with van der Waals surface area (Å²) in [5, 5.41) is 0.